The maximum atomic E-state index is 12.0. The Kier molecular flexibility index (Phi) is 30.1. The van der Waals surface area contributed by atoms with E-state index in [1.165, 1.54) is 0 Å². The monoisotopic (exact) mass is 796 g/mol. The number of carbonyl (C=O) groups is 2. The van der Waals surface area contributed by atoms with Gasteiger partial charge in [-0.15, -0.1) is 0 Å². The summed E-state index contributed by atoms with van der Waals surface area (Å²) in [6, 6.07) is 7.10. The van der Waals surface area contributed by atoms with Gasteiger partial charge in [0.15, 0.2) is 11.9 Å². The average molecular weight is 797 g/mol. The van der Waals surface area contributed by atoms with Crippen molar-refractivity contribution < 1.29 is 57.5 Å². The lowest BCUT2D eigenvalue weighted by molar-refractivity contribution is -0.393. The molecule has 0 aliphatic rings. The number of nitro groups is 1. The van der Waals surface area contributed by atoms with Crippen LogP contribution in [0.25, 0.3) is 0 Å². The predicted octanol–water partition coefficient (Wildman–Crippen LogP) is 4.60. The van der Waals surface area contributed by atoms with Gasteiger partial charge in [0.1, 0.15) is 11.5 Å². The van der Waals surface area contributed by atoms with Gasteiger partial charge in [-0.3, -0.25) is 9.59 Å². The highest BCUT2D eigenvalue weighted by molar-refractivity contribution is 5.92. The fourth-order valence-electron chi connectivity index (χ4n) is 4.97. The summed E-state index contributed by atoms with van der Waals surface area (Å²) in [6.45, 7) is 9.87. The number of ketones is 1. The van der Waals surface area contributed by atoms with Crippen LogP contribution in [0, 0.1) is 10.1 Å². The number of nitrogens with one attached hydrogen (secondary N) is 2. The van der Waals surface area contributed by atoms with Crippen molar-refractivity contribution in [2.24, 2.45) is 0 Å². The van der Waals surface area contributed by atoms with Crippen molar-refractivity contribution in [3.63, 3.8) is 0 Å². The SMILES string of the molecule is O=C(CCCc1ccc(O)cc1)CCOCCCOCCCOCCCOCCCOCCCOCCCOCCCOCCNC(=O)c1cnc([N+](=O)[O-])[nH]1. The van der Waals surface area contributed by atoms with Crippen LogP contribution < -0.4 is 5.32 Å². The number of carbonyl (C=O) groups excluding carboxylic acids is 2. The van der Waals surface area contributed by atoms with E-state index in [0.717, 1.165) is 69.5 Å². The molecule has 0 saturated heterocycles. The molecule has 0 saturated carbocycles. The second-order valence-electron chi connectivity index (χ2n) is 12.8. The number of H-pyrrole nitrogens is 1. The normalized spacial score (nSPS) is 11.3. The highest BCUT2D eigenvalue weighted by Gasteiger charge is 2.16. The molecule has 1 aromatic heterocycles. The number of hydrogen-bond acceptors (Lipinski definition) is 14. The molecule has 17 heteroatoms. The van der Waals surface area contributed by atoms with Crippen molar-refractivity contribution in [3.05, 3.63) is 51.8 Å². The molecule has 1 amide bonds. The van der Waals surface area contributed by atoms with E-state index in [-0.39, 0.29) is 23.8 Å². The van der Waals surface area contributed by atoms with Crippen LogP contribution in [0.2, 0.25) is 0 Å². The zero-order valence-electron chi connectivity index (χ0n) is 32.9. The molecule has 0 spiro atoms. The first kappa shape index (κ1) is 48.6. The first-order chi connectivity index (χ1) is 27.5. The van der Waals surface area contributed by atoms with E-state index in [2.05, 4.69) is 15.3 Å². The summed E-state index contributed by atoms with van der Waals surface area (Å²) in [5.41, 5.74) is 1.15. The molecule has 2 aromatic rings. The minimum atomic E-state index is -0.698. The number of imidazole rings is 1. The number of ether oxygens (including phenoxy) is 8. The highest BCUT2D eigenvalue weighted by atomic mass is 16.6. The highest BCUT2D eigenvalue weighted by Crippen LogP contribution is 2.12. The van der Waals surface area contributed by atoms with Crippen LogP contribution in [0.4, 0.5) is 5.95 Å². The third-order valence-corrected chi connectivity index (χ3v) is 7.94. The number of aromatic hydroxyl groups is 1. The van der Waals surface area contributed by atoms with Gasteiger partial charge >= 0.3 is 5.95 Å². The number of phenolic OH excluding ortho intramolecular Hbond substituents is 1. The summed E-state index contributed by atoms with van der Waals surface area (Å²) >= 11 is 0. The zero-order valence-corrected chi connectivity index (χ0v) is 32.9. The molecular formula is C39H64N4O13. The largest absolute Gasteiger partial charge is 0.508 e. The van der Waals surface area contributed by atoms with Gasteiger partial charge in [0, 0.05) is 112 Å². The van der Waals surface area contributed by atoms with Crippen molar-refractivity contribution in [1.29, 1.82) is 0 Å². The number of aryl methyl sites for hydroxylation is 1. The molecule has 0 aliphatic heterocycles. The Hall–Kier alpha value is -3.55. The number of aromatic nitrogens is 2. The summed E-state index contributed by atoms with van der Waals surface area (Å²) in [7, 11) is 0. The Bertz CT molecular complexity index is 1270. The van der Waals surface area contributed by atoms with E-state index in [9.17, 15) is 24.8 Å². The zero-order chi connectivity index (χ0) is 40.2. The van der Waals surface area contributed by atoms with E-state index in [0.29, 0.717) is 119 Å². The third kappa shape index (κ3) is 27.9. The van der Waals surface area contributed by atoms with Gasteiger partial charge in [0.25, 0.3) is 5.91 Å². The summed E-state index contributed by atoms with van der Waals surface area (Å²) in [5.74, 6) is -0.480. The minimum absolute atomic E-state index is 0.0277. The van der Waals surface area contributed by atoms with E-state index in [1.807, 2.05) is 12.1 Å². The Balaban J connectivity index is 1.16. The molecule has 1 aromatic carbocycles. The maximum absolute atomic E-state index is 12.0. The molecule has 0 bridgehead atoms. The van der Waals surface area contributed by atoms with Gasteiger partial charge in [0.05, 0.1) is 13.2 Å². The minimum Gasteiger partial charge on any atom is -0.508 e. The van der Waals surface area contributed by atoms with Crippen LogP contribution in [0.15, 0.2) is 30.5 Å². The van der Waals surface area contributed by atoms with Crippen LogP contribution in [-0.4, -0.2) is 144 Å². The number of Topliss-reactive ketones (excluding diaryl/α,β-unsaturated/α-hetero) is 1. The average Bonchev–Trinajstić information content (AvgIpc) is 3.70. The van der Waals surface area contributed by atoms with Crippen molar-refractivity contribution in [1.82, 2.24) is 15.3 Å². The van der Waals surface area contributed by atoms with Crippen molar-refractivity contribution >= 4 is 17.6 Å². The Labute approximate surface area is 330 Å². The lowest BCUT2D eigenvalue weighted by Gasteiger charge is -2.08. The van der Waals surface area contributed by atoms with Crippen LogP contribution in [0.1, 0.15) is 80.3 Å². The lowest BCUT2D eigenvalue weighted by atomic mass is 10.1. The first-order valence-corrected chi connectivity index (χ1v) is 19.8. The second-order valence-corrected chi connectivity index (χ2v) is 12.8. The molecule has 0 aliphatic carbocycles. The summed E-state index contributed by atoms with van der Waals surface area (Å²) in [4.78, 5) is 39.6. The van der Waals surface area contributed by atoms with E-state index >= 15 is 0 Å². The number of amides is 1. The number of hydrogen-bond donors (Lipinski definition) is 3. The van der Waals surface area contributed by atoms with Gasteiger partial charge in [0.2, 0.25) is 0 Å². The van der Waals surface area contributed by atoms with E-state index in [4.69, 9.17) is 37.9 Å². The number of rotatable bonds is 40. The number of phenols is 1. The lowest BCUT2D eigenvalue weighted by Crippen LogP contribution is -2.27. The van der Waals surface area contributed by atoms with Crippen molar-refractivity contribution in [2.75, 3.05) is 112 Å². The predicted molar refractivity (Wildman–Crippen MR) is 207 cm³/mol. The fraction of sp³-hybridized carbons (Fsp3) is 0.718. The smallest absolute Gasteiger partial charge is 0.432 e. The third-order valence-electron chi connectivity index (χ3n) is 7.94. The Morgan fingerprint density at radius 2 is 1.02 bits per heavy atom. The molecule has 3 N–H and O–H groups in total. The molecular weight excluding hydrogens is 732 g/mol. The topological polar surface area (TPSA) is 212 Å². The summed E-state index contributed by atoms with van der Waals surface area (Å²) in [5, 5.41) is 22.5. The Morgan fingerprint density at radius 1 is 0.607 bits per heavy atom. The van der Waals surface area contributed by atoms with Gasteiger partial charge in [-0.1, -0.05) is 17.1 Å². The molecule has 17 nitrogen and oxygen atoms in total. The number of benzene rings is 1. The maximum Gasteiger partial charge on any atom is 0.432 e. The molecule has 0 radical (unpaired) electrons. The van der Waals surface area contributed by atoms with E-state index in [1.54, 1.807) is 12.1 Å². The van der Waals surface area contributed by atoms with Crippen LogP contribution >= 0.6 is 0 Å². The number of aromatic amines is 1. The van der Waals surface area contributed by atoms with Crippen molar-refractivity contribution in [3.8, 4) is 5.75 Å². The number of nitrogens with zero attached hydrogens (tertiary/aromatic N) is 2. The standard InChI is InChI=1S/C39H64N4O13/c44-35(10-1-9-34-11-13-36(45)14-12-34)15-31-55-29-7-27-53-25-5-23-51-21-3-19-49-17-2-18-50-20-4-22-52-24-6-26-54-28-8-30-56-32-16-40-38(46)37-33-41-39(42-37)43(47)48/h11-14,33,45H,1-10,15-32H2,(H,40,46)(H,41,42). The first-order valence-electron chi connectivity index (χ1n) is 19.8. The van der Waals surface area contributed by atoms with Gasteiger partial charge in [-0.05, 0) is 80.4 Å². The molecule has 0 unspecified atom stereocenters. The van der Waals surface area contributed by atoms with Crippen molar-refractivity contribution in [2.45, 2.75) is 70.6 Å². The molecule has 1 heterocycles. The fourth-order valence-corrected chi connectivity index (χ4v) is 4.97. The van der Waals surface area contributed by atoms with Crippen LogP contribution in [0.3, 0.4) is 0 Å². The van der Waals surface area contributed by atoms with Crippen LogP contribution in [0.5, 0.6) is 5.75 Å². The second kappa shape index (κ2) is 34.7. The van der Waals surface area contributed by atoms with Crippen LogP contribution in [-0.2, 0) is 49.1 Å². The summed E-state index contributed by atoms with van der Waals surface area (Å²) in [6.07, 6.45) is 9.48. The van der Waals surface area contributed by atoms with E-state index < -0.39 is 16.8 Å². The Morgan fingerprint density at radius 3 is 1.43 bits per heavy atom. The van der Waals surface area contributed by atoms with Gasteiger partial charge < -0.3 is 58.4 Å². The quantitative estimate of drug-likeness (QED) is 0.0478. The molecule has 56 heavy (non-hydrogen) atoms. The molecule has 318 valence electrons. The van der Waals surface area contributed by atoms with Gasteiger partial charge in [-0.25, -0.2) is 4.98 Å². The summed E-state index contributed by atoms with van der Waals surface area (Å²) < 4.78 is 44.7. The molecule has 0 atom stereocenters. The molecule has 2 rings (SSSR count). The van der Waals surface area contributed by atoms with Gasteiger partial charge in [-0.2, -0.15) is 0 Å². The molecule has 0 fully saturated rings.